The number of hydrogen-bond donors (Lipinski definition) is 2. The number of benzene rings is 3. The Bertz CT molecular complexity index is 1040. The summed E-state index contributed by atoms with van der Waals surface area (Å²) in [5.74, 6) is 0.0634. The molecule has 3 aromatic carbocycles. The highest BCUT2D eigenvalue weighted by molar-refractivity contribution is 6.04. The van der Waals surface area contributed by atoms with Crippen molar-refractivity contribution in [3.8, 4) is 5.75 Å². The molecule has 0 bridgehead atoms. The van der Waals surface area contributed by atoms with E-state index >= 15 is 0 Å². The van der Waals surface area contributed by atoms with Crippen LogP contribution in [0.15, 0.2) is 72.8 Å². The fourth-order valence-corrected chi connectivity index (χ4v) is 3.38. The van der Waals surface area contributed by atoms with Crippen molar-refractivity contribution >= 4 is 17.5 Å². The Morgan fingerprint density at radius 2 is 1.45 bits per heavy atom. The zero-order chi connectivity index (χ0) is 22.4. The second kappa shape index (κ2) is 9.94. The van der Waals surface area contributed by atoms with E-state index in [0.717, 1.165) is 16.7 Å². The summed E-state index contributed by atoms with van der Waals surface area (Å²) in [5.41, 5.74) is 3.99. The minimum Gasteiger partial charge on any atom is -0.481 e. The highest BCUT2D eigenvalue weighted by Gasteiger charge is 2.19. The van der Waals surface area contributed by atoms with Crippen LogP contribution in [0.5, 0.6) is 5.75 Å². The van der Waals surface area contributed by atoms with Crippen LogP contribution in [0, 0.1) is 13.8 Å². The van der Waals surface area contributed by atoms with Gasteiger partial charge >= 0.3 is 0 Å². The lowest BCUT2D eigenvalue weighted by atomic mass is 10.1. The Morgan fingerprint density at radius 3 is 2.13 bits per heavy atom. The third-order valence-corrected chi connectivity index (χ3v) is 4.95. The Kier molecular flexibility index (Phi) is 7.08. The fourth-order valence-electron chi connectivity index (χ4n) is 3.38. The molecule has 3 aromatic rings. The lowest BCUT2D eigenvalue weighted by Gasteiger charge is -2.18. The molecule has 0 aliphatic carbocycles. The number of amides is 2. The normalized spacial score (nSPS) is 12.5. The maximum atomic E-state index is 12.9. The van der Waals surface area contributed by atoms with Gasteiger partial charge in [-0.3, -0.25) is 9.59 Å². The van der Waals surface area contributed by atoms with Gasteiger partial charge in [0.1, 0.15) is 5.75 Å². The Hall–Kier alpha value is -3.60. The van der Waals surface area contributed by atoms with Crippen molar-refractivity contribution in [2.45, 2.75) is 39.8 Å². The van der Waals surface area contributed by atoms with E-state index in [0.29, 0.717) is 17.0 Å². The van der Waals surface area contributed by atoms with Crippen molar-refractivity contribution in [1.82, 2.24) is 5.32 Å². The Balaban J connectivity index is 1.69. The van der Waals surface area contributed by atoms with Crippen LogP contribution in [0.1, 0.15) is 46.9 Å². The number of anilines is 1. The van der Waals surface area contributed by atoms with Crippen LogP contribution in [-0.4, -0.2) is 17.9 Å². The number of ether oxygens (including phenoxy) is 1. The van der Waals surface area contributed by atoms with Gasteiger partial charge < -0.3 is 15.4 Å². The molecule has 0 fully saturated rings. The van der Waals surface area contributed by atoms with Crippen LogP contribution in [0.25, 0.3) is 0 Å². The van der Waals surface area contributed by atoms with Crippen molar-refractivity contribution in [3.63, 3.8) is 0 Å². The summed E-state index contributed by atoms with van der Waals surface area (Å²) >= 11 is 0. The van der Waals surface area contributed by atoms with Crippen LogP contribution in [0.4, 0.5) is 5.69 Å². The van der Waals surface area contributed by atoms with E-state index in [4.69, 9.17) is 4.74 Å². The number of nitrogens with one attached hydrogen (secondary N) is 2. The first-order valence-electron chi connectivity index (χ1n) is 10.3. The van der Waals surface area contributed by atoms with E-state index in [1.54, 1.807) is 31.2 Å². The highest BCUT2D eigenvalue weighted by Crippen LogP contribution is 2.20. The third kappa shape index (κ3) is 5.95. The molecule has 2 N–H and O–H groups in total. The molecule has 0 radical (unpaired) electrons. The average Bonchev–Trinajstić information content (AvgIpc) is 2.73. The number of aryl methyl sites for hydroxylation is 2. The zero-order valence-corrected chi connectivity index (χ0v) is 18.3. The monoisotopic (exact) mass is 416 g/mol. The van der Waals surface area contributed by atoms with Crippen molar-refractivity contribution in [1.29, 1.82) is 0 Å². The predicted molar refractivity (Wildman–Crippen MR) is 123 cm³/mol. The zero-order valence-electron chi connectivity index (χ0n) is 18.3. The van der Waals surface area contributed by atoms with Crippen LogP contribution in [-0.2, 0) is 4.79 Å². The van der Waals surface area contributed by atoms with E-state index in [9.17, 15) is 9.59 Å². The number of carbonyl (C=O) groups excluding carboxylic acids is 2. The van der Waals surface area contributed by atoms with Gasteiger partial charge in [0.2, 0.25) is 0 Å². The minimum absolute atomic E-state index is 0.163. The molecule has 31 heavy (non-hydrogen) atoms. The molecule has 2 amide bonds. The summed E-state index contributed by atoms with van der Waals surface area (Å²) < 4.78 is 5.82. The number of rotatable bonds is 7. The topological polar surface area (TPSA) is 67.4 Å². The van der Waals surface area contributed by atoms with Crippen molar-refractivity contribution in [2.24, 2.45) is 0 Å². The quantitative estimate of drug-likeness (QED) is 0.556. The highest BCUT2D eigenvalue weighted by atomic mass is 16.5. The molecule has 0 heterocycles. The summed E-state index contributed by atoms with van der Waals surface area (Å²) in [6.45, 7) is 7.58. The number of hydrogen-bond acceptors (Lipinski definition) is 3. The van der Waals surface area contributed by atoms with Gasteiger partial charge in [0.05, 0.1) is 17.3 Å². The minimum atomic E-state index is -0.722. The molecule has 3 rings (SSSR count). The van der Waals surface area contributed by atoms with Gasteiger partial charge in [-0.1, -0.05) is 48.5 Å². The van der Waals surface area contributed by atoms with Gasteiger partial charge in [0.25, 0.3) is 11.8 Å². The SMILES string of the molecule is Cc1cc(C)cc(O[C@H](C)C(=O)Nc2ccccc2C(=O)N[C@H](C)c2ccccc2)c1. The largest absolute Gasteiger partial charge is 0.481 e. The molecule has 0 unspecified atom stereocenters. The van der Waals surface area contributed by atoms with Gasteiger partial charge in [-0.2, -0.15) is 0 Å². The van der Waals surface area contributed by atoms with Crippen molar-refractivity contribution in [2.75, 3.05) is 5.32 Å². The van der Waals surface area contributed by atoms with E-state index in [-0.39, 0.29) is 17.9 Å². The smallest absolute Gasteiger partial charge is 0.265 e. The molecule has 0 saturated carbocycles. The van der Waals surface area contributed by atoms with E-state index < -0.39 is 6.10 Å². The van der Waals surface area contributed by atoms with Crippen molar-refractivity contribution in [3.05, 3.63) is 95.1 Å². The van der Waals surface area contributed by atoms with E-state index in [1.807, 2.05) is 69.3 Å². The molecular formula is C26H28N2O3. The molecule has 5 nitrogen and oxygen atoms in total. The molecule has 0 aromatic heterocycles. The summed E-state index contributed by atoms with van der Waals surface area (Å²) in [7, 11) is 0. The average molecular weight is 417 g/mol. The first kappa shape index (κ1) is 22.1. The Labute approximate surface area is 183 Å². The summed E-state index contributed by atoms with van der Waals surface area (Å²) in [6.07, 6.45) is -0.722. The molecule has 0 saturated heterocycles. The standard InChI is InChI=1S/C26H28N2O3/c1-17-14-18(2)16-22(15-17)31-20(4)25(29)28-24-13-9-8-12-23(24)26(30)27-19(3)21-10-6-5-7-11-21/h5-16,19-20H,1-4H3,(H,27,30)(H,28,29)/t19-,20-/m1/s1. The first-order chi connectivity index (χ1) is 14.8. The second-order valence-electron chi connectivity index (χ2n) is 7.72. The van der Waals surface area contributed by atoms with Gasteiger partial charge in [0, 0.05) is 0 Å². The number of para-hydroxylation sites is 1. The third-order valence-electron chi connectivity index (χ3n) is 4.95. The maximum Gasteiger partial charge on any atom is 0.265 e. The van der Waals surface area contributed by atoms with Gasteiger partial charge in [-0.25, -0.2) is 0 Å². The van der Waals surface area contributed by atoms with Crippen LogP contribution >= 0.6 is 0 Å². The van der Waals surface area contributed by atoms with Crippen LogP contribution < -0.4 is 15.4 Å². The lowest BCUT2D eigenvalue weighted by molar-refractivity contribution is -0.122. The summed E-state index contributed by atoms with van der Waals surface area (Å²) in [5, 5.41) is 5.82. The first-order valence-corrected chi connectivity index (χ1v) is 10.3. The maximum absolute atomic E-state index is 12.9. The molecule has 0 aliphatic rings. The lowest BCUT2D eigenvalue weighted by Crippen LogP contribution is -2.32. The van der Waals surface area contributed by atoms with Gasteiger partial charge in [-0.15, -0.1) is 0 Å². The fraction of sp³-hybridized carbons (Fsp3) is 0.231. The second-order valence-corrected chi connectivity index (χ2v) is 7.72. The Morgan fingerprint density at radius 1 is 0.839 bits per heavy atom. The molecule has 0 aliphatic heterocycles. The number of carbonyl (C=O) groups is 2. The summed E-state index contributed by atoms with van der Waals surface area (Å²) in [6, 6.07) is 22.3. The van der Waals surface area contributed by atoms with Crippen molar-refractivity contribution < 1.29 is 14.3 Å². The van der Waals surface area contributed by atoms with E-state index in [1.165, 1.54) is 0 Å². The molecule has 5 heteroatoms. The van der Waals surface area contributed by atoms with Crippen LogP contribution in [0.3, 0.4) is 0 Å². The molecule has 160 valence electrons. The van der Waals surface area contributed by atoms with Gasteiger partial charge in [0.15, 0.2) is 6.10 Å². The summed E-state index contributed by atoms with van der Waals surface area (Å²) in [4.78, 5) is 25.6. The van der Waals surface area contributed by atoms with Gasteiger partial charge in [-0.05, 0) is 68.7 Å². The van der Waals surface area contributed by atoms with E-state index in [2.05, 4.69) is 10.6 Å². The predicted octanol–water partition coefficient (Wildman–Crippen LogP) is 5.20. The molecule has 0 spiro atoms. The molecular weight excluding hydrogens is 388 g/mol. The van der Waals surface area contributed by atoms with Crippen LogP contribution in [0.2, 0.25) is 0 Å². The molecule has 2 atom stereocenters.